The largest absolute Gasteiger partial charge is 0.492 e. The minimum absolute atomic E-state index is 0.706. The van der Waals surface area contributed by atoms with Gasteiger partial charge < -0.3 is 10.1 Å². The first kappa shape index (κ1) is 14.8. The maximum atomic E-state index is 6.00. The Morgan fingerprint density at radius 2 is 2.24 bits per heavy atom. The Labute approximate surface area is 133 Å². The van der Waals surface area contributed by atoms with Crippen LogP contribution in [0.1, 0.15) is 24.8 Å². The van der Waals surface area contributed by atoms with Crippen molar-refractivity contribution in [3.05, 3.63) is 22.5 Å². The minimum Gasteiger partial charge on any atom is -0.492 e. The van der Waals surface area contributed by atoms with Crippen molar-refractivity contribution in [2.75, 3.05) is 19.7 Å². The van der Waals surface area contributed by atoms with Gasteiger partial charge in [-0.25, -0.2) is 4.98 Å². The molecule has 0 aliphatic carbocycles. The molecule has 3 nitrogen and oxygen atoms in total. The van der Waals surface area contributed by atoms with Gasteiger partial charge in [0, 0.05) is 18.0 Å². The summed E-state index contributed by atoms with van der Waals surface area (Å²) >= 11 is 3.48. The number of fused-ring (bicyclic) bond motifs is 3. The molecular weight excluding hydrogens is 300 g/mol. The van der Waals surface area contributed by atoms with Gasteiger partial charge >= 0.3 is 0 Å². The minimum atomic E-state index is 0.706. The summed E-state index contributed by atoms with van der Waals surface area (Å²) in [5, 5.41) is 7.82. The first-order valence-corrected chi connectivity index (χ1v) is 9.10. The topological polar surface area (TPSA) is 34.1 Å². The third kappa shape index (κ3) is 3.20. The molecule has 0 saturated heterocycles. The third-order valence-electron chi connectivity index (χ3n) is 3.41. The molecule has 21 heavy (non-hydrogen) atoms. The third-order valence-corrected chi connectivity index (χ3v) is 5.25. The zero-order chi connectivity index (χ0) is 14.7. The molecule has 2 aromatic heterocycles. The second kappa shape index (κ2) is 6.73. The van der Waals surface area contributed by atoms with Crippen LogP contribution in [0.4, 0.5) is 0 Å². The van der Waals surface area contributed by atoms with Gasteiger partial charge in [-0.2, -0.15) is 0 Å². The van der Waals surface area contributed by atoms with Crippen LogP contribution < -0.4 is 10.1 Å². The van der Waals surface area contributed by atoms with E-state index >= 15 is 0 Å². The highest BCUT2D eigenvalue weighted by Crippen LogP contribution is 2.38. The van der Waals surface area contributed by atoms with Crippen LogP contribution in [0.3, 0.4) is 0 Å². The molecular formula is C16H20N2OS2. The van der Waals surface area contributed by atoms with Crippen molar-refractivity contribution in [3.8, 4) is 5.75 Å². The molecule has 0 fully saturated rings. The number of benzene rings is 1. The fourth-order valence-electron chi connectivity index (χ4n) is 2.37. The highest BCUT2D eigenvalue weighted by atomic mass is 32.1. The second-order valence-corrected chi connectivity index (χ2v) is 7.22. The van der Waals surface area contributed by atoms with E-state index in [1.165, 1.54) is 27.6 Å². The summed E-state index contributed by atoms with van der Waals surface area (Å²) in [5.74, 6) is 0.986. The van der Waals surface area contributed by atoms with Crippen molar-refractivity contribution in [2.24, 2.45) is 0 Å². The summed E-state index contributed by atoms with van der Waals surface area (Å²) in [6.07, 6.45) is 2.45. The molecule has 5 heteroatoms. The zero-order valence-electron chi connectivity index (χ0n) is 12.4. The lowest BCUT2D eigenvalue weighted by atomic mass is 10.2. The number of nitrogens with zero attached hydrogens (tertiary/aromatic N) is 1. The van der Waals surface area contributed by atoms with Gasteiger partial charge in [-0.1, -0.05) is 13.3 Å². The number of hydrogen-bond donors (Lipinski definition) is 1. The van der Waals surface area contributed by atoms with Gasteiger partial charge in [0.1, 0.15) is 12.4 Å². The fourth-order valence-corrected chi connectivity index (χ4v) is 4.20. The number of hydrogen-bond acceptors (Lipinski definition) is 5. The number of nitrogens with one attached hydrogen (secondary N) is 1. The van der Waals surface area contributed by atoms with E-state index in [4.69, 9.17) is 4.74 Å². The second-order valence-electron chi connectivity index (χ2n) is 5.07. The average Bonchev–Trinajstić information content (AvgIpc) is 3.07. The van der Waals surface area contributed by atoms with Gasteiger partial charge in [0.25, 0.3) is 0 Å². The van der Waals surface area contributed by atoms with Crippen molar-refractivity contribution < 1.29 is 4.74 Å². The Bertz CT molecular complexity index is 732. The first-order valence-electron chi connectivity index (χ1n) is 7.40. The number of ether oxygens (including phenoxy) is 1. The molecule has 0 aliphatic rings. The first-order chi connectivity index (χ1) is 10.3. The predicted octanol–water partition coefficient (Wildman–Crippen LogP) is 4.59. The summed E-state index contributed by atoms with van der Waals surface area (Å²) in [6.45, 7) is 6.93. The van der Waals surface area contributed by atoms with Gasteiger partial charge in [-0.15, -0.1) is 22.7 Å². The molecule has 0 spiro atoms. The van der Waals surface area contributed by atoms with E-state index in [0.29, 0.717) is 6.61 Å². The quantitative estimate of drug-likeness (QED) is 0.647. The summed E-state index contributed by atoms with van der Waals surface area (Å²) < 4.78 is 8.46. The monoisotopic (exact) mass is 320 g/mol. The average molecular weight is 320 g/mol. The Kier molecular flexibility index (Phi) is 4.73. The van der Waals surface area contributed by atoms with Crippen LogP contribution in [-0.4, -0.2) is 24.7 Å². The fraction of sp³-hybridized carbons (Fsp3) is 0.438. The Morgan fingerprint density at radius 3 is 3.10 bits per heavy atom. The van der Waals surface area contributed by atoms with Gasteiger partial charge in [-0.3, -0.25) is 0 Å². The van der Waals surface area contributed by atoms with Gasteiger partial charge in [0.2, 0.25) is 0 Å². The molecule has 0 aliphatic heterocycles. The van der Waals surface area contributed by atoms with Crippen molar-refractivity contribution in [1.82, 2.24) is 10.3 Å². The standard InChI is InChI=1S/C16H20N2OS2/c1-3-4-6-17-7-8-19-13-10-14-15(18-11(2)21-14)16-12(13)5-9-20-16/h5,9-10,17H,3-4,6-8H2,1-2H3. The van der Waals surface area contributed by atoms with E-state index in [0.717, 1.165) is 29.4 Å². The van der Waals surface area contributed by atoms with Crippen LogP contribution in [0.5, 0.6) is 5.75 Å². The summed E-state index contributed by atoms with van der Waals surface area (Å²) in [6, 6.07) is 4.27. The van der Waals surface area contributed by atoms with Crippen LogP contribution in [0.25, 0.3) is 20.3 Å². The number of unbranched alkanes of at least 4 members (excludes halogenated alkanes) is 1. The van der Waals surface area contributed by atoms with E-state index < -0.39 is 0 Å². The van der Waals surface area contributed by atoms with E-state index in [-0.39, 0.29) is 0 Å². The van der Waals surface area contributed by atoms with E-state index in [9.17, 15) is 0 Å². The maximum Gasteiger partial charge on any atom is 0.129 e. The van der Waals surface area contributed by atoms with Crippen LogP contribution in [-0.2, 0) is 0 Å². The Hall–Kier alpha value is -1.17. The van der Waals surface area contributed by atoms with Crippen molar-refractivity contribution >= 4 is 43.0 Å². The zero-order valence-corrected chi connectivity index (χ0v) is 14.1. The van der Waals surface area contributed by atoms with Crippen molar-refractivity contribution in [2.45, 2.75) is 26.7 Å². The predicted molar refractivity (Wildman–Crippen MR) is 93.0 cm³/mol. The number of rotatable bonds is 7. The molecule has 2 heterocycles. The molecule has 0 radical (unpaired) electrons. The molecule has 1 aromatic carbocycles. The highest BCUT2D eigenvalue weighted by molar-refractivity contribution is 7.21. The summed E-state index contributed by atoms with van der Waals surface area (Å²) in [7, 11) is 0. The number of aromatic nitrogens is 1. The smallest absolute Gasteiger partial charge is 0.129 e. The molecule has 112 valence electrons. The summed E-state index contributed by atoms with van der Waals surface area (Å²) in [5.41, 5.74) is 1.12. The van der Waals surface area contributed by atoms with Crippen LogP contribution >= 0.6 is 22.7 Å². The lowest BCUT2D eigenvalue weighted by Crippen LogP contribution is -2.21. The number of aryl methyl sites for hydroxylation is 1. The maximum absolute atomic E-state index is 6.00. The summed E-state index contributed by atoms with van der Waals surface area (Å²) in [4.78, 5) is 4.65. The molecule has 0 saturated carbocycles. The van der Waals surface area contributed by atoms with Crippen LogP contribution in [0.15, 0.2) is 17.5 Å². The SMILES string of the molecule is CCCCNCCOc1cc2sc(C)nc2c2sccc12. The lowest BCUT2D eigenvalue weighted by Gasteiger charge is -2.08. The van der Waals surface area contributed by atoms with Gasteiger partial charge in [0.05, 0.1) is 19.9 Å². The Balaban J connectivity index is 1.76. The van der Waals surface area contributed by atoms with E-state index in [1.54, 1.807) is 22.7 Å². The molecule has 0 bridgehead atoms. The van der Waals surface area contributed by atoms with Gasteiger partial charge in [0.15, 0.2) is 0 Å². The molecule has 0 unspecified atom stereocenters. The molecule has 3 aromatic rings. The van der Waals surface area contributed by atoms with E-state index in [1.807, 2.05) is 0 Å². The lowest BCUT2D eigenvalue weighted by molar-refractivity contribution is 0.318. The molecule has 0 amide bonds. The van der Waals surface area contributed by atoms with Crippen molar-refractivity contribution in [3.63, 3.8) is 0 Å². The number of thiophene rings is 1. The molecule has 3 rings (SSSR count). The van der Waals surface area contributed by atoms with Crippen LogP contribution in [0, 0.1) is 6.92 Å². The number of thiazole rings is 1. The molecule has 1 N–H and O–H groups in total. The van der Waals surface area contributed by atoms with Crippen LogP contribution in [0.2, 0.25) is 0 Å². The highest BCUT2D eigenvalue weighted by Gasteiger charge is 2.12. The van der Waals surface area contributed by atoms with Gasteiger partial charge in [-0.05, 0) is 31.3 Å². The van der Waals surface area contributed by atoms with Crippen molar-refractivity contribution in [1.29, 1.82) is 0 Å². The van der Waals surface area contributed by atoms with E-state index in [2.05, 4.69) is 41.7 Å². The normalized spacial score (nSPS) is 11.5. The Morgan fingerprint density at radius 1 is 1.33 bits per heavy atom. The molecule has 0 atom stereocenters.